The SMILES string of the molecule is CN(CCC(N)c1ccc(Br)cc1Cl)CC(C)(C)O. The monoisotopic (exact) mass is 348 g/mol. The number of benzene rings is 1. The third kappa shape index (κ3) is 6.23. The molecule has 0 saturated heterocycles. The summed E-state index contributed by atoms with van der Waals surface area (Å²) >= 11 is 9.56. The lowest BCUT2D eigenvalue weighted by molar-refractivity contribution is 0.0438. The van der Waals surface area contributed by atoms with E-state index in [9.17, 15) is 5.11 Å². The first-order chi connectivity index (χ1) is 8.69. The first-order valence-electron chi connectivity index (χ1n) is 6.30. The van der Waals surface area contributed by atoms with Gasteiger partial charge in [-0.05, 0) is 51.6 Å². The molecule has 1 aromatic carbocycles. The van der Waals surface area contributed by atoms with Crippen LogP contribution in [-0.2, 0) is 0 Å². The second-order valence-electron chi connectivity index (χ2n) is 5.61. The van der Waals surface area contributed by atoms with Crippen LogP contribution in [0.4, 0.5) is 0 Å². The summed E-state index contributed by atoms with van der Waals surface area (Å²) in [5.41, 5.74) is 6.44. The van der Waals surface area contributed by atoms with Crippen LogP contribution in [-0.4, -0.2) is 35.7 Å². The van der Waals surface area contributed by atoms with Crippen LogP contribution in [0.2, 0.25) is 5.02 Å². The fourth-order valence-electron chi connectivity index (χ4n) is 2.06. The molecule has 108 valence electrons. The first-order valence-corrected chi connectivity index (χ1v) is 7.47. The zero-order valence-corrected chi connectivity index (χ0v) is 14.0. The van der Waals surface area contributed by atoms with Crippen LogP contribution in [0, 0.1) is 0 Å². The fraction of sp³-hybridized carbons (Fsp3) is 0.571. The van der Waals surface area contributed by atoms with E-state index in [0.29, 0.717) is 11.6 Å². The van der Waals surface area contributed by atoms with Crippen molar-refractivity contribution in [1.29, 1.82) is 0 Å². The minimum absolute atomic E-state index is 0.0927. The van der Waals surface area contributed by atoms with E-state index in [4.69, 9.17) is 17.3 Å². The van der Waals surface area contributed by atoms with Crippen molar-refractivity contribution in [1.82, 2.24) is 4.90 Å². The molecule has 0 aliphatic heterocycles. The van der Waals surface area contributed by atoms with Crippen LogP contribution in [0.3, 0.4) is 0 Å². The van der Waals surface area contributed by atoms with Crippen LogP contribution >= 0.6 is 27.5 Å². The highest BCUT2D eigenvalue weighted by Gasteiger charge is 2.17. The molecule has 5 heteroatoms. The molecule has 0 amide bonds. The Kier molecular flexibility index (Phi) is 6.27. The van der Waals surface area contributed by atoms with Crippen molar-refractivity contribution >= 4 is 27.5 Å². The summed E-state index contributed by atoms with van der Waals surface area (Å²) in [4.78, 5) is 2.08. The molecule has 0 aliphatic rings. The maximum atomic E-state index is 9.75. The molecular weight excluding hydrogens is 328 g/mol. The molecule has 0 spiro atoms. The largest absolute Gasteiger partial charge is 0.389 e. The van der Waals surface area contributed by atoms with E-state index in [1.54, 1.807) is 13.8 Å². The molecule has 0 aliphatic carbocycles. The van der Waals surface area contributed by atoms with Gasteiger partial charge in [-0.2, -0.15) is 0 Å². The lowest BCUT2D eigenvalue weighted by Gasteiger charge is -2.26. The third-order valence-electron chi connectivity index (χ3n) is 2.84. The Hall–Kier alpha value is -0.130. The second-order valence-corrected chi connectivity index (χ2v) is 6.93. The van der Waals surface area contributed by atoms with Crippen LogP contribution in [0.15, 0.2) is 22.7 Å². The van der Waals surface area contributed by atoms with E-state index in [1.807, 2.05) is 25.2 Å². The molecule has 1 aromatic rings. The Morgan fingerprint density at radius 1 is 1.47 bits per heavy atom. The van der Waals surface area contributed by atoms with Gasteiger partial charge in [0.05, 0.1) is 5.60 Å². The number of hydrogen-bond acceptors (Lipinski definition) is 3. The van der Waals surface area contributed by atoms with E-state index < -0.39 is 5.60 Å². The van der Waals surface area contributed by atoms with Crippen molar-refractivity contribution < 1.29 is 5.11 Å². The predicted molar refractivity (Wildman–Crippen MR) is 84.5 cm³/mol. The topological polar surface area (TPSA) is 49.5 Å². The second kappa shape index (κ2) is 7.04. The molecule has 0 heterocycles. The highest BCUT2D eigenvalue weighted by Crippen LogP contribution is 2.27. The molecule has 1 atom stereocenters. The third-order valence-corrected chi connectivity index (χ3v) is 3.66. The first kappa shape index (κ1) is 16.9. The molecule has 1 rings (SSSR count). The summed E-state index contributed by atoms with van der Waals surface area (Å²) in [5, 5.41) is 10.4. The Balaban J connectivity index is 2.53. The zero-order valence-electron chi connectivity index (χ0n) is 11.7. The minimum atomic E-state index is -0.686. The maximum absolute atomic E-state index is 9.75. The van der Waals surface area contributed by atoms with E-state index in [-0.39, 0.29) is 6.04 Å². The van der Waals surface area contributed by atoms with Gasteiger partial charge in [0.25, 0.3) is 0 Å². The van der Waals surface area contributed by atoms with Gasteiger partial charge < -0.3 is 15.7 Å². The molecule has 0 aromatic heterocycles. The van der Waals surface area contributed by atoms with Gasteiger partial charge in [-0.15, -0.1) is 0 Å². The van der Waals surface area contributed by atoms with Gasteiger partial charge >= 0.3 is 0 Å². The van der Waals surface area contributed by atoms with Crippen LogP contribution in [0.5, 0.6) is 0 Å². The number of halogens is 2. The average molecular weight is 350 g/mol. The number of hydrogen-bond donors (Lipinski definition) is 2. The van der Waals surface area contributed by atoms with Crippen LogP contribution < -0.4 is 5.73 Å². The molecule has 19 heavy (non-hydrogen) atoms. The average Bonchev–Trinajstić information content (AvgIpc) is 2.23. The predicted octanol–water partition coefficient (Wildman–Crippen LogP) is 3.20. The van der Waals surface area contributed by atoms with Gasteiger partial charge in [0.15, 0.2) is 0 Å². The van der Waals surface area contributed by atoms with E-state index >= 15 is 0 Å². The molecule has 0 fully saturated rings. The molecular formula is C14H22BrClN2O. The Bertz CT molecular complexity index is 420. The highest BCUT2D eigenvalue weighted by molar-refractivity contribution is 9.10. The van der Waals surface area contributed by atoms with Crippen molar-refractivity contribution in [3.63, 3.8) is 0 Å². The van der Waals surface area contributed by atoms with Crippen molar-refractivity contribution in [3.05, 3.63) is 33.3 Å². The summed E-state index contributed by atoms with van der Waals surface area (Å²) in [6, 6.07) is 5.66. The van der Waals surface area contributed by atoms with Crippen LogP contribution in [0.1, 0.15) is 31.9 Å². The number of rotatable bonds is 6. The van der Waals surface area contributed by atoms with Crippen molar-refractivity contribution in [2.45, 2.75) is 31.9 Å². The Morgan fingerprint density at radius 2 is 2.11 bits per heavy atom. The lowest BCUT2D eigenvalue weighted by Crippen LogP contribution is -2.37. The zero-order chi connectivity index (χ0) is 14.6. The van der Waals surface area contributed by atoms with Gasteiger partial charge in [-0.25, -0.2) is 0 Å². The molecule has 0 saturated carbocycles. The number of nitrogens with zero attached hydrogens (tertiary/aromatic N) is 1. The molecule has 3 nitrogen and oxygen atoms in total. The quantitative estimate of drug-likeness (QED) is 0.829. The highest BCUT2D eigenvalue weighted by atomic mass is 79.9. The van der Waals surface area contributed by atoms with Crippen molar-refractivity contribution in [2.75, 3.05) is 20.1 Å². The molecule has 3 N–H and O–H groups in total. The summed E-state index contributed by atoms with van der Waals surface area (Å²) in [6.07, 6.45) is 0.800. The normalized spacial score (nSPS) is 13.9. The van der Waals surface area contributed by atoms with Gasteiger partial charge in [-0.3, -0.25) is 0 Å². The van der Waals surface area contributed by atoms with Gasteiger partial charge in [0.1, 0.15) is 0 Å². The smallest absolute Gasteiger partial charge is 0.0718 e. The van der Waals surface area contributed by atoms with Crippen molar-refractivity contribution in [2.24, 2.45) is 5.73 Å². The van der Waals surface area contributed by atoms with E-state index in [2.05, 4.69) is 20.8 Å². The Morgan fingerprint density at radius 3 is 2.63 bits per heavy atom. The fourth-order valence-corrected chi connectivity index (χ4v) is 2.87. The standard InChI is InChI=1S/C14H22BrClN2O/c1-14(2,19)9-18(3)7-6-13(17)11-5-4-10(15)8-12(11)16/h4-5,8,13,19H,6-7,9,17H2,1-3H3. The summed E-state index contributed by atoms with van der Waals surface area (Å²) in [7, 11) is 1.98. The summed E-state index contributed by atoms with van der Waals surface area (Å²) in [5.74, 6) is 0. The minimum Gasteiger partial charge on any atom is -0.389 e. The van der Waals surface area contributed by atoms with Crippen molar-refractivity contribution in [3.8, 4) is 0 Å². The van der Waals surface area contributed by atoms with E-state index in [1.165, 1.54) is 0 Å². The number of nitrogens with two attached hydrogens (primary N) is 1. The van der Waals surface area contributed by atoms with Gasteiger partial charge in [-0.1, -0.05) is 33.6 Å². The van der Waals surface area contributed by atoms with Gasteiger partial charge in [0, 0.05) is 22.1 Å². The molecule has 1 unspecified atom stereocenters. The van der Waals surface area contributed by atoms with Crippen LogP contribution in [0.25, 0.3) is 0 Å². The lowest BCUT2D eigenvalue weighted by atomic mass is 10.0. The Labute approximate surface area is 128 Å². The molecule has 0 bridgehead atoms. The maximum Gasteiger partial charge on any atom is 0.0718 e. The molecule has 0 radical (unpaired) electrons. The number of aliphatic hydroxyl groups is 1. The van der Waals surface area contributed by atoms with Gasteiger partial charge in [0.2, 0.25) is 0 Å². The summed E-state index contributed by atoms with van der Waals surface area (Å²) < 4.78 is 0.951. The summed E-state index contributed by atoms with van der Waals surface area (Å²) in [6.45, 7) is 5.04. The number of likely N-dealkylation sites (N-methyl/N-ethyl adjacent to an activating group) is 1. The van der Waals surface area contributed by atoms with E-state index in [0.717, 1.165) is 23.0 Å².